The normalized spacial score (nSPS) is 13.9. The van der Waals surface area contributed by atoms with Crippen LogP contribution < -0.4 is 0 Å². The van der Waals surface area contributed by atoms with Crippen molar-refractivity contribution in [3.8, 4) is 11.1 Å². The van der Waals surface area contributed by atoms with Gasteiger partial charge < -0.3 is 19.3 Å². The lowest BCUT2D eigenvalue weighted by atomic mass is 9.97. The molecule has 0 bridgehead atoms. The zero-order chi connectivity index (χ0) is 36.8. The van der Waals surface area contributed by atoms with E-state index in [9.17, 15) is 19.8 Å². The van der Waals surface area contributed by atoms with Gasteiger partial charge in [-0.3, -0.25) is 15.0 Å². The molecule has 10 heteroatoms. The van der Waals surface area contributed by atoms with Crippen LogP contribution in [0.4, 0.5) is 0 Å². The number of aryl methyl sites for hydroxylation is 2. The van der Waals surface area contributed by atoms with Gasteiger partial charge >= 0.3 is 11.9 Å². The Hall–Kier alpha value is -5.61. The predicted molar refractivity (Wildman–Crippen MR) is 209 cm³/mol. The van der Waals surface area contributed by atoms with Gasteiger partial charge in [0.15, 0.2) is 0 Å². The molecule has 0 atom stereocenters. The Balaban J connectivity index is 0.000000154. The lowest BCUT2D eigenvalue weighted by molar-refractivity contribution is 0.0684. The Bertz CT molecular complexity index is 2530. The first kappa shape index (κ1) is 34.5. The van der Waals surface area contributed by atoms with E-state index >= 15 is 0 Å². The van der Waals surface area contributed by atoms with Crippen LogP contribution in [-0.2, 0) is 26.9 Å². The molecule has 266 valence electrons. The van der Waals surface area contributed by atoms with E-state index in [2.05, 4.69) is 70.3 Å². The molecule has 2 aromatic carbocycles. The molecule has 2 fully saturated rings. The van der Waals surface area contributed by atoms with Crippen LogP contribution in [-0.4, -0.2) is 46.2 Å². The summed E-state index contributed by atoms with van der Waals surface area (Å²) in [5.41, 5.74) is 10.4. The zero-order valence-corrected chi connectivity index (χ0v) is 31.0. The monoisotopic (exact) mass is 767 g/mol. The quantitative estimate of drug-likeness (QED) is 0.150. The maximum Gasteiger partial charge on any atom is 0.337 e. The second-order valence-electron chi connectivity index (χ2n) is 14.2. The summed E-state index contributed by atoms with van der Waals surface area (Å²) in [6, 6.07) is 20.1. The van der Waals surface area contributed by atoms with Crippen molar-refractivity contribution in [1.82, 2.24) is 24.1 Å². The molecule has 0 amide bonds. The minimum atomic E-state index is -0.914. The van der Waals surface area contributed by atoms with Crippen LogP contribution in [0.1, 0.15) is 91.9 Å². The highest BCUT2D eigenvalue weighted by Gasteiger charge is 2.27. The minimum absolute atomic E-state index is 0.311. The lowest BCUT2D eigenvalue weighted by Crippen LogP contribution is -2.07. The summed E-state index contributed by atoms with van der Waals surface area (Å²) in [6.07, 6.45) is 16.9. The molecule has 0 spiro atoms. The number of carbonyl (C=O) groups is 2. The van der Waals surface area contributed by atoms with Gasteiger partial charge in [0.25, 0.3) is 0 Å². The molecule has 5 aromatic heterocycles. The molecule has 0 aliphatic heterocycles. The Kier molecular flexibility index (Phi) is 9.16. The molecule has 2 N–H and O–H groups in total. The molecule has 0 radical (unpaired) electrons. The summed E-state index contributed by atoms with van der Waals surface area (Å²) >= 11 is 3.62. The summed E-state index contributed by atoms with van der Waals surface area (Å²) in [6.45, 7) is 0. The van der Waals surface area contributed by atoms with Crippen LogP contribution in [0.15, 0.2) is 102 Å². The SMILES string of the molecule is Cn1ccc2cc(Cc3ncc(C4CC4)cc3C(=O)O)cc(-c3cccnc3)c21.Cn1ccc2cc(Cc3ncc(C4CC4)cc3C(=O)O)cc(Br)c21. The number of hydrogen-bond acceptors (Lipinski definition) is 5. The van der Waals surface area contributed by atoms with E-state index in [0.29, 0.717) is 47.2 Å². The largest absolute Gasteiger partial charge is 0.478 e. The number of fused-ring (bicyclic) bond motifs is 2. The molecule has 0 saturated heterocycles. The number of rotatable bonds is 9. The van der Waals surface area contributed by atoms with Crippen molar-refractivity contribution in [3.05, 3.63) is 147 Å². The number of carboxylic acid groups (broad SMARTS) is 2. The first-order valence-electron chi connectivity index (χ1n) is 17.8. The lowest BCUT2D eigenvalue weighted by Gasteiger charge is -2.12. The van der Waals surface area contributed by atoms with Crippen LogP contribution in [0.25, 0.3) is 32.9 Å². The van der Waals surface area contributed by atoms with Crippen LogP contribution in [0, 0.1) is 0 Å². The minimum Gasteiger partial charge on any atom is -0.478 e. The van der Waals surface area contributed by atoms with Crippen LogP contribution in [0.5, 0.6) is 0 Å². The first-order valence-corrected chi connectivity index (χ1v) is 18.6. The number of benzene rings is 2. The van der Waals surface area contributed by atoms with Gasteiger partial charge in [0.2, 0.25) is 0 Å². The smallest absolute Gasteiger partial charge is 0.337 e. The van der Waals surface area contributed by atoms with E-state index in [-0.39, 0.29) is 0 Å². The van der Waals surface area contributed by atoms with Crippen molar-refractivity contribution in [3.63, 3.8) is 0 Å². The van der Waals surface area contributed by atoms with E-state index in [1.807, 2.05) is 69.3 Å². The Labute approximate surface area is 315 Å². The van der Waals surface area contributed by atoms with Gasteiger partial charge in [0.1, 0.15) is 0 Å². The van der Waals surface area contributed by atoms with Gasteiger partial charge in [-0.05, 0) is 130 Å². The van der Waals surface area contributed by atoms with Crippen molar-refractivity contribution >= 4 is 49.7 Å². The average Bonchev–Trinajstić information content (AvgIpc) is 4.09. The van der Waals surface area contributed by atoms with Crippen molar-refractivity contribution in [1.29, 1.82) is 0 Å². The van der Waals surface area contributed by atoms with Crippen molar-refractivity contribution < 1.29 is 19.8 Å². The highest BCUT2D eigenvalue weighted by Crippen LogP contribution is 2.41. The molecule has 2 saturated carbocycles. The number of pyridine rings is 3. The fourth-order valence-electron chi connectivity index (χ4n) is 7.23. The second kappa shape index (κ2) is 14.1. The van der Waals surface area contributed by atoms with E-state index in [1.54, 1.807) is 12.3 Å². The Morgan fingerprint density at radius 3 is 1.75 bits per heavy atom. The second-order valence-corrected chi connectivity index (χ2v) is 15.1. The summed E-state index contributed by atoms with van der Waals surface area (Å²) < 4.78 is 5.18. The van der Waals surface area contributed by atoms with Gasteiger partial charge in [-0.2, -0.15) is 0 Å². The maximum atomic E-state index is 11.9. The van der Waals surface area contributed by atoms with Gasteiger partial charge in [-0.15, -0.1) is 0 Å². The third-order valence-corrected chi connectivity index (χ3v) is 10.9. The first-order chi connectivity index (χ1) is 25.6. The van der Waals surface area contributed by atoms with Gasteiger partial charge in [0, 0.05) is 90.5 Å². The van der Waals surface area contributed by atoms with Crippen LogP contribution in [0.3, 0.4) is 0 Å². The number of carboxylic acids is 2. The molecule has 2 aliphatic carbocycles. The standard InChI is InChI=1S/C24H21N3O2.C19H17BrN2O2/c1-27-8-6-17-9-15(10-20(23(17)27)18-3-2-7-25-13-18)11-22-21(24(28)29)12-19(14-26-22)16-4-5-16;1-22-5-4-13-6-11(7-16(20)18(13)22)8-17-15(19(23)24)9-14(10-21-17)12-2-3-12/h2-3,6-10,12-14,16H,4-5,11H2,1H3,(H,28,29);4-7,9-10,12H,2-3,8H2,1H3,(H,23,24). The van der Waals surface area contributed by atoms with Gasteiger partial charge in [0.05, 0.1) is 33.5 Å². The van der Waals surface area contributed by atoms with Crippen molar-refractivity contribution in [2.24, 2.45) is 14.1 Å². The van der Waals surface area contributed by atoms with Gasteiger partial charge in [-0.1, -0.05) is 6.07 Å². The van der Waals surface area contributed by atoms with E-state index in [0.717, 1.165) is 85.3 Å². The highest BCUT2D eigenvalue weighted by molar-refractivity contribution is 9.10. The number of nitrogens with zero attached hydrogens (tertiary/aromatic N) is 5. The molecule has 53 heavy (non-hydrogen) atoms. The Morgan fingerprint density at radius 1 is 0.717 bits per heavy atom. The van der Waals surface area contributed by atoms with Crippen molar-refractivity contribution in [2.75, 3.05) is 0 Å². The van der Waals surface area contributed by atoms with Gasteiger partial charge in [-0.25, -0.2) is 9.59 Å². The predicted octanol–water partition coefficient (Wildman–Crippen LogP) is 9.30. The topological polar surface area (TPSA) is 123 Å². The van der Waals surface area contributed by atoms with E-state index in [4.69, 9.17) is 0 Å². The Morgan fingerprint density at radius 2 is 1.25 bits per heavy atom. The molecule has 2 aliphatic rings. The van der Waals surface area contributed by atoms with E-state index < -0.39 is 11.9 Å². The van der Waals surface area contributed by atoms with E-state index in [1.165, 1.54) is 0 Å². The molecular weight excluding hydrogens is 730 g/mol. The molecule has 5 heterocycles. The third-order valence-electron chi connectivity index (χ3n) is 10.3. The van der Waals surface area contributed by atoms with Crippen LogP contribution in [0.2, 0.25) is 0 Å². The zero-order valence-electron chi connectivity index (χ0n) is 29.5. The summed E-state index contributed by atoms with van der Waals surface area (Å²) in [5, 5.41) is 21.5. The number of aromatic carboxylic acids is 2. The molecule has 7 aromatic rings. The highest BCUT2D eigenvalue weighted by atomic mass is 79.9. The maximum absolute atomic E-state index is 11.9. The average molecular weight is 769 g/mol. The number of aromatic nitrogens is 5. The summed E-state index contributed by atoms with van der Waals surface area (Å²) in [7, 11) is 4.04. The van der Waals surface area contributed by atoms with Crippen LogP contribution >= 0.6 is 15.9 Å². The fourth-order valence-corrected chi connectivity index (χ4v) is 8.04. The third kappa shape index (κ3) is 7.24. The molecule has 0 unspecified atom stereocenters. The summed E-state index contributed by atoms with van der Waals surface area (Å²) in [5.74, 6) is -0.838. The number of hydrogen-bond donors (Lipinski definition) is 2. The summed E-state index contributed by atoms with van der Waals surface area (Å²) in [4.78, 5) is 36.8. The van der Waals surface area contributed by atoms with Crippen molar-refractivity contribution in [2.45, 2.75) is 50.4 Å². The molecule has 9 nitrogen and oxygen atoms in total. The molecular formula is C43H38BrN5O4. The molecule has 9 rings (SSSR count). The fraction of sp³-hybridized carbons (Fsp3) is 0.233. The number of halogens is 1.